The number of nitrogens with zero attached hydrogens (tertiary/aromatic N) is 1. The van der Waals surface area contributed by atoms with E-state index in [-0.39, 0.29) is 29.5 Å². The molecule has 21 heavy (non-hydrogen) atoms. The maximum Gasteiger partial charge on any atom is 0.415 e. The number of hydrogen-bond acceptors (Lipinski definition) is 3. The Morgan fingerprint density at radius 2 is 1.48 bits per heavy atom. The van der Waals surface area contributed by atoms with Gasteiger partial charge >= 0.3 is 6.09 Å². The van der Waals surface area contributed by atoms with Crippen LogP contribution in [0.25, 0.3) is 0 Å². The number of carbonyl (C=O) groups is 1. The van der Waals surface area contributed by atoms with Crippen molar-refractivity contribution in [1.82, 2.24) is 4.90 Å². The molecule has 124 valence electrons. The van der Waals surface area contributed by atoms with Crippen molar-refractivity contribution in [1.29, 1.82) is 0 Å². The molecule has 0 aromatic carbocycles. The van der Waals surface area contributed by atoms with Crippen LogP contribution in [0, 0.1) is 11.3 Å². The third-order valence-corrected chi connectivity index (χ3v) is 4.26. The summed E-state index contributed by atoms with van der Waals surface area (Å²) in [5.41, 5.74) is -1.14. The van der Waals surface area contributed by atoms with Crippen LogP contribution in [0.15, 0.2) is 12.3 Å². The Morgan fingerprint density at radius 3 is 1.81 bits per heavy atom. The van der Waals surface area contributed by atoms with E-state index >= 15 is 0 Å². The van der Waals surface area contributed by atoms with Gasteiger partial charge in [0.05, 0.1) is 11.9 Å². The lowest BCUT2D eigenvalue weighted by atomic mass is 9.71. The first-order chi connectivity index (χ1) is 9.32. The summed E-state index contributed by atoms with van der Waals surface area (Å²) < 4.78 is 5.20. The van der Waals surface area contributed by atoms with Gasteiger partial charge in [0.1, 0.15) is 0 Å². The zero-order chi connectivity index (χ0) is 17.0. The Morgan fingerprint density at radius 1 is 1.05 bits per heavy atom. The van der Waals surface area contributed by atoms with E-state index in [4.69, 9.17) is 4.74 Å². The molecular formula is C17H33NO3. The van der Waals surface area contributed by atoms with Crippen LogP contribution >= 0.6 is 0 Å². The largest absolute Gasteiger partial charge is 0.418 e. The molecule has 0 heterocycles. The molecule has 0 radical (unpaired) electrons. The van der Waals surface area contributed by atoms with Crippen LogP contribution in [0.5, 0.6) is 0 Å². The lowest BCUT2D eigenvalue weighted by Crippen LogP contribution is -2.45. The van der Waals surface area contributed by atoms with Crippen LogP contribution in [-0.4, -0.2) is 33.8 Å². The second kappa shape index (κ2) is 7.30. The van der Waals surface area contributed by atoms with Gasteiger partial charge in [0.15, 0.2) is 0 Å². The van der Waals surface area contributed by atoms with Crippen molar-refractivity contribution in [3.63, 3.8) is 0 Å². The molecular weight excluding hydrogens is 266 g/mol. The fraction of sp³-hybridized carbons (Fsp3) is 0.824. The minimum absolute atomic E-state index is 0.0843. The summed E-state index contributed by atoms with van der Waals surface area (Å²) in [6.45, 7) is 17.5. The SMILES string of the molecule is CC(C)N(C(=O)O/C=C\[C@H](C)[C@](C)(O)C(C)(C)C)C(C)C. The summed E-state index contributed by atoms with van der Waals surface area (Å²) in [6.07, 6.45) is 2.77. The number of rotatable bonds is 5. The van der Waals surface area contributed by atoms with E-state index in [2.05, 4.69) is 0 Å². The number of carbonyl (C=O) groups excluding carboxylic acids is 1. The topological polar surface area (TPSA) is 49.8 Å². The van der Waals surface area contributed by atoms with E-state index in [1.165, 1.54) is 6.26 Å². The van der Waals surface area contributed by atoms with E-state index < -0.39 is 5.60 Å². The second-order valence-corrected chi connectivity index (χ2v) is 7.49. The average Bonchev–Trinajstić information content (AvgIpc) is 2.25. The summed E-state index contributed by atoms with van der Waals surface area (Å²) in [4.78, 5) is 13.7. The van der Waals surface area contributed by atoms with Crippen molar-refractivity contribution in [2.45, 2.75) is 80.0 Å². The molecule has 4 heteroatoms. The van der Waals surface area contributed by atoms with Crippen LogP contribution < -0.4 is 0 Å². The van der Waals surface area contributed by atoms with Crippen molar-refractivity contribution in [3.8, 4) is 0 Å². The molecule has 0 saturated carbocycles. The second-order valence-electron chi connectivity index (χ2n) is 7.49. The normalized spacial score (nSPS) is 17.1. The molecule has 0 unspecified atom stereocenters. The van der Waals surface area contributed by atoms with Crippen molar-refractivity contribution in [2.75, 3.05) is 0 Å². The summed E-state index contributed by atoms with van der Waals surface area (Å²) in [7, 11) is 0. The van der Waals surface area contributed by atoms with E-state index in [0.29, 0.717) is 0 Å². The predicted octanol–water partition coefficient (Wildman–Crippen LogP) is 4.19. The van der Waals surface area contributed by atoms with Gasteiger partial charge in [-0.2, -0.15) is 0 Å². The van der Waals surface area contributed by atoms with E-state index in [9.17, 15) is 9.90 Å². The summed E-state index contributed by atoms with van der Waals surface area (Å²) in [6, 6.07) is 0.169. The van der Waals surface area contributed by atoms with E-state index in [1.807, 2.05) is 55.4 Å². The smallest absolute Gasteiger partial charge is 0.415 e. The molecule has 0 aliphatic heterocycles. The van der Waals surface area contributed by atoms with Crippen LogP contribution in [0.2, 0.25) is 0 Å². The van der Waals surface area contributed by atoms with Crippen molar-refractivity contribution in [3.05, 3.63) is 12.3 Å². The first kappa shape index (κ1) is 20.0. The molecule has 2 atom stereocenters. The van der Waals surface area contributed by atoms with Gasteiger partial charge in [0, 0.05) is 18.0 Å². The molecule has 0 spiro atoms. The Kier molecular flexibility index (Phi) is 6.94. The van der Waals surface area contributed by atoms with Gasteiger partial charge in [-0.1, -0.05) is 27.7 Å². The Bertz CT molecular complexity index is 357. The maximum atomic E-state index is 12.0. The standard InChI is InChI=1S/C17H33NO3/c1-12(2)18(13(3)4)15(19)21-11-10-14(5)17(9,20)16(6,7)8/h10-14,20H,1-9H3/b11-10-/t14-,17-/m0/s1. The lowest BCUT2D eigenvalue weighted by Gasteiger charge is -2.40. The van der Waals surface area contributed by atoms with Gasteiger partial charge in [-0.15, -0.1) is 0 Å². The lowest BCUT2D eigenvalue weighted by molar-refractivity contribution is -0.0701. The van der Waals surface area contributed by atoms with Crippen LogP contribution in [0.4, 0.5) is 4.79 Å². The highest BCUT2D eigenvalue weighted by Crippen LogP contribution is 2.36. The monoisotopic (exact) mass is 299 g/mol. The maximum absolute atomic E-state index is 12.0. The van der Waals surface area contributed by atoms with Crippen molar-refractivity contribution in [2.24, 2.45) is 11.3 Å². The highest BCUT2D eigenvalue weighted by atomic mass is 16.5. The number of hydrogen-bond donors (Lipinski definition) is 1. The molecule has 0 rings (SSSR count). The van der Waals surface area contributed by atoms with Crippen molar-refractivity contribution >= 4 is 6.09 Å². The van der Waals surface area contributed by atoms with Crippen LogP contribution in [0.1, 0.15) is 62.3 Å². The van der Waals surface area contributed by atoms with Crippen LogP contribution in [0.3, 0.4) is 0 Å². The zero-order valence-electron chi connectivity index (χ0n) is 15.1. The minimum atomic E-state index is -0.883. The quantitative estimate of drug-likeness (QED) is 0.774. The van der Waals surface area contributed by atoms with Gasteiger partial charge in [-0.3, -0.25) is 0 Å². The van der Waals surface area contributed by atoms with E-state index in [0.717, 1.165) is 0 Å². The third kappa shape index (κ3) is 5.34. The number of ether oxygens (including phenoxy) is 1. The predicted molar refractivity (Wildman–Crippen MR) is 87.0 cm³/mol. The van der Waals surface area contributed by atoms with Crippen molar-refractivity contribution < 1.29 is 14.6 Å². The Labute approximate surface area is 130 Å². The Hall–Kier alpha value is -1.03. The first-order valence-corrected chi connectivity index (χ1v) is 7.70. The molecule has 0 aromatic heterocycles. The van der Waals surface area contributed by atoms with Crippen LogP contribution in [-0.2, 0) is 4.74 Å². The van der Waals surface area contributed by atoms with Gasteiger partial charge in [-0.05, 0) is 46.1 Å². The van der Waals surface area contributed by atoms with Gasteiger partial charge in [0.25, 0.3) is 0 Å². The number of amides is 1. The minimum Gasteiger partial charge on any atom is -0.418 e. The fourth-order valence-corrected chi connectivity index (χ4v) is 2.16. The third-order valence-electron chi connectivity index (χ3n) is 4.26. The molecule has 1 N–H and O–H groups in total. The zero-order valence-corrected chi connectivity index (χ0v) is 15.1. The highest BCUT2D eigenvalue weighted by Gasteiger charge is 2.39. The van der Waals surface area contributed by atoms with Gasteiger partial charge in [0.2, 0.25) is 0 Å². The molecule has 0 aromatic rings. The molecule has 0 fully saturated rings. The molecule has 0 saturated heterocycles. The number of aliphatic hydroxyl groups is 1. The molecule has 4 nitrogen and oxygen atoms in total. The summed E-state index contributed by atoms with van der Waals surface area (Å²) in [5, 5.41) is 10.6. The fourth-order valence-electron chi connectivity index (χ4n) is 2.16. The van der Waals surface area contributed by atoms with E-state index in [1.54, 1.807) is 17.9 Å². The molecule has 1 amide bonds. The molecule has 0 aliphatic carbocycles. The highest BCUT2D eigenvalue weighted by molar-refractivity contribution is 5.68. The van der Waals surface area contributed by atoms with Gasteiger partial charge in [-0.25, -0.2) is 4.79 Å². The summed E-state index contributed by atoms with van der Waals surface area (Å²) in [5.74, 6) is -0.128. The molecule has 0 bridgehead atoms. The Balaban J connectivity index is 4.76. The molecule has 0 aliphatic rings. The summed E-state index contributed by atoms with van der Waals surface area (Å²) >= 11 is 0. The first-order valence-electron chi connectivity index (χ1n) is 7.70. The average molecular weight is 299 g/mol. The van der Waals surface area contributed by atoms with Gasteiger partial charge < -0.3 is 14.7 Å².